The number of aromatic nitrogens is 2. The molecule has 4 rings (SSSR count). The van der Waals surface area contributed by atoms with Gasteiger partial charge in [0.2, 0.25) is 0 Å². The molecular weight excluding hydrogens is 360 g/mol. The molecule has 3 aromatic rings. The standard InChI is InChI=1S/C24H28N4O/c1-4-18-8-10-19(11-9-18)27-22-20-12-7-17(3)26-23(20)25-14-21(22)24(29)28-13-5-6-16(2)15-28/h7-12,14,16H,4-6,13,15H2,1-3H3,(H,25,26,27)/t16-/m0/s1. The number of fused-ring (bicyclic) bond motifs is 1. The Balaban J connectivity index is 1.77. The van der Waals surface area contributed by atoms with Crippen LogP contribution in [0.2, 0.25) is 0 Å². The third kappa shape index (κ3) is 4.09. The Kier molecular flexibility index (Phi) is 5.47. The fraction of sp³-hybridized carbons (Fsp3) is 0.375. The number of carbonyl (C=O) groups is 1. The van der Waals surface area contributed by atoms with Gasteiger partial charge in [-0.05, 0) is 61.9 Å². The fourth-order valence-corrected chi connectivity index (χ4v) is 3.98. The van der Waals surface area contributed by atoms with Crippen LogP contribution in [0.5, 0.6) is 0 Å². The second-order valence-corrected chi connectivity index (χ2v) is 8.04. The van der Waals surface area contributed by atoms with Gasteiger partial charge in [-0.1, -0.05) is 26.0 Å². The molecule has 1 aromatic carbocycles. The van der Waals surface area contributed by atoms with Gasteiger partial charge in [-0.2, -0.15) is 0 Å². The van der Waals surface area contributed by atoms with Crippen molar-refractivity contribution in [2.45, 2.75) is 40.0 Å². The number of nitrogens with zero attached hydrogens (tertiary/aromatic N) is 3. The normalized spacial score (nSPS) is 16.8. The van der Waals surface area contributed by atoms with E-state index < -0.39 is 0 Å². The number of benzene rings is 1. The van der Waals surface area contributed by atoms with Crippen LogP contribution in [0, 0.1) is 12.8 Å². The lowest BCUT2D eigenvalue weighted by Gasteiger charge is -2.31. The van der Waals surface area contributed by atoms with E-state index in [9.17, 15) is 4.79 Å². The molecule has 1 aliphatic heterocycles. The van der Waals surface area contributed by atoms with Crippen molar-refractivity contribution in [1.82, 2.24) is 14.9 Å². The van der Waals surface area contributed by atoms with Crippen molar-refractivity contribution in [2.24, 2.45) is 5.92 Å². The zero-order valence-electron chi connectivity index (χ0n) is 17.4. The predicted octanol–water partition coefficient (Wildman–Crippen LogP) is 5.12. The molecule has 5 nitrogen and oxygen atoms in total. The highest BCUT2D eigenvalue weighted by atomic mass is 16.2. The predicted molar refractivity (Wildman–Crippen MR) is 118 cm³/mol. The Hall–Kier alpha value is -2.95. The number of piperidine rings is 1. The molecule has 1 aliphatic rings. The van der Waals surface area contributed by atoms with E-state index in [0.29, 0.717) is 17.1 Å². The molecule has 0 saturated carbocycles. The smallest absolute Gasteiger partial charge is 0.257 e. The molecule has 0 bridgehead atoms. The molecule has 29 heavy (non-hydrogen) atoms. The quantitative estimate of drug-likeness (QED) is 0.674. The monoisotopic (exact) mass is 388 g/mol. The minimum Gasteiger partial charge on any atom is -0.354 e. The van der Waals surface area contributed by atoms with Gasteiger partial charge in [-0.3, -0.25) is 4.79 Å². The van der Waals surface area contributed by atoms with Gasteiger partial charge in [0.05, 0.1) is 11.3 Å². The molecule has 0 spiro atoms. The molecular formula is C24H28N4O. The number of pyridine rings is 2. The van der Waals surface area contributed by atoms with Crippen LogP contribution in [0.1, 0.15) is 48.3 Å². The van der Waals surface area contributed by atoms with Gasteiger partial charge in [0.1, 0.15) is 0 Å². The number of amides is 1. The van der Waals surface area contributed by atoms with E-state index in [1.165, 1.54) is 12.0 Å². The van der Waals surface area contributed by atoms with E-state index in [-0.39, 0.29) is 5.91 Å². The molecule has 0 aliphatic carbocycles. The first-order valence-corrected chi connectivity index (χ1v) is 10.5. The second-order valence-electron chi connectivity index (χ2n) is 8.04. The van der Waals surface area contributed by atoms with Crippen LogP contribution < -0.4 is 5.32 Å². The number of anilines is 2. The maximum Gasteiger partial charge on any atom is 0.257 e. The van der Waals surface area contributed by atoms with Gasteiger partial charge in [0.25, 0.3) is 5.91 Å². The van der Waals surface area contributed by atoms with Crippen molar-refractivity contribution in [3.8, 4) is 0 Å². The lowest BCUT2D eigenvalue weighted by atomic mass is 9.99. The van der Waals surface area contributed by atoms with E-state index >= 15 is 0 Å². The van der Waals surface area contributed by atoms with Crippen molar-refractivity contribution in [3.63, 3.8) is 0 Å². The molecule has 5 heteroatoms. The third-order valence-electron chi connectivity index (χ3n) is 5.68. The summed E-state index contributed by atoms with van der Waals surface area (Å²) in [5.74, 6) is 0.572. The average molecular weight is 389 g/mol. The van der Waals surface area contributed by atoms with E-state index in [0.717, 1.165) is 48.4 Å². The first kappa shape index (κ1) is 19.4. The molecule has 0 unspecified atom stereocenters. The fourth-order valence-electron chi connectivity index (χ4n) is 3.98. The number of nitrogens with one attached hydrogen (secondary N) is 1. The van der Waals surface area contributed by atoms with Crippen LogP contribution in [0.3, 0.4) is 0 Å². The van der Waals surface area contributed by atoms with E-state index in [2.05, 4.69) is 53.4 Å². The first-order chi connectivity index (χ1) is 14.0. The Morgan fingerprint density at radius 1 is 1.21 bits per heavy atom. The molecule has 1 N–H and O–H groups in total. The second kappa shape index (κ2) is 8.19. The summed E-state index contributed by atoms with van der Waals surface area (Å²) >= 11 is 0. The number of aryl methyl sites for hydroxylation is 2. The van der Waals surface area contributed by atoms with Crippen LogP contribution >= 0.6 is 0 Å². The topological polar surface area (TPSA) is 58.1 Å². The number of carbonyl (C=O) groups excluding carboxylic acids is 1. The Morgan fingerprint density at radius 3 is 2.72 bits per heavy atom. The summed E-state index contributed by atoms with van der Waals surface area (Å²) < 4.78 is 0. The largest absolute Gasteiger partial charge is 0.354 e. The molecule has 1 fully saturated rings. The molecule has 1 saturated heterocycles. The number of likely N-dealkylation sites (tertiary alicyclic amines) is 1. The van der Waals surface area contributed by atoms with Crippen LogP contribution in [-0.4, -0.2) is 33.9 Å². The minimum absolute atomic E-state index is 0.0409. The maximum atomic E-state index is 13.4. The molecule has 1 atom stereocenters. The van der Waals surface area contributed by atoms with E-state index in [1.54, 1.807) is 6.20 Å². The van der Waals surface area contributed by atoms with Crippen LogP contribution in [-0.2, 0) is 6.42 Å². The van der Waals surface area contributed by atoms with Gasteiger partial charge in [0, 0.05) is 36.1 Å². The van der Waals surface area contributed by atoms with Crippen molar-refractivity contribution in [3.05, 3.63) is 59.4 Å². The summed E-state index contributed by atoms with van der Waals surface area (Å²) in [4.78, 5) is 24.4. The zero-order valence-corrected chi connectivity index (χ0v) is 17.4. The van der Waals surface area contributed by atoms with Gasteiger partial charge < -0.3 is 10.2 Å². The van der Waals surface area contributed by atoms with Crippen molar-refractivity contribution >= 4 is 28.3 Å². The van der Waals surface area contributed by atoms with Crippen LogP contribution in [0.4, 0.5) is 11.4 Å². The number of hydrogen-bond acceptors (Lipinski definition) is 4. The summed E-state index contributed by atoms with van der Waals surface area (Å²) in [6.45, 7) is 7.90. The average Bonchev–Trinajstić information content (AvgIpc) is 2.74. The van der Waals surface area contributed by atoms with Crippen LogP contribution in [0.15, 0.2) is 42.6 Å². The summed E-state index contributed by atoms with van der Waals surface area (Å²) in [7, 11) is 0. The molecule has 2 aromatic heterocycles. The Morgan fingerprint density at radius 2 is 2.00 bits per heavy atom. The summed E-state index contributed by atoms with van der Waals surface area (Å²) in [6.07, 6.45) is 4.91. The highest BCUT2D eigenvalue weighted by Gasteiger charge is 2.25. The molecule has 1 amide bonds. The zero-order chi connectivity index (χ0) is 20.4. The number of rotatable bonds is 4. The molecule has 150 valence electrons. The van der Waals surface area contributed by atoms with Crippen molar-refractivity contribution < 1.29 is 4.79 Å². The highest BCUT2D eigenvalue weighted by Crippen LogP contribution is 2.30. The SMILES string of the molecule is CCc1ccc(Nc2c(C(=O)N3CCC[C@H](C)C3)cnc3nc(C)ccc23)cc1. The molecule has 0 radical (unpaired) electrons. The highest BCUT2D eigenvalue weighted by molar-refractivity contribution is 6.07. The Bertz CT molecular complexity index is 1030. The van der Waals surface area contributed by atoms with E-state index in [1.807, 2.05) is 24.0 Å². The lowest BCUT2D eigenvalue weighted by Crippen LogP contribution is -2.39. The van der Waals surface area contributed by atoms with Gasteiger partial charge in [-0.25, -0.2) is 9.97 Å². The van der Waals surface area contributed by atoms with Crippen molar-refractivity contribution in [2.75, 3.05) is 18.4 Å². The lowest BCUT2D eigenvalue weighted by molar-refractivity contribution is 0.0684. The van der Waals surface area contributed by atoms with Gasteiger partial charge >= 0.3 is 0 Å². The van der Waals surface area contributed by atoms with Crippen LogP contribution in [0.25, 0.3) is 11.0 Å². The first-order valence-electron chi connectivity index (χ1n) is 10.5. The van der Waals surface area contributed by atoms with Gasteiger partial charge in [-0.15, -0.1) is 0 Å². The van der Waals surface area contributed by atoms with Gasteiger partial charge in [0.15, 0.2) is 5.65 Å². The maximum absolute atomic E-state index is 13.4. The summed E-state index contributed by atoms with van der Waals surface area (Å²) in [5.41, 5.74) is 5.20. The summed E-state index contributed by atoms with van der Waals surface area (Å²) in [6, 6.07) is 12.3. The molecule has 3 heterocycles. The Labute approximate surface area is 172 Å². The van der Waals surface area contributed by atoms with Crippen molar-refractivity contribution in [1.29, 1.82) is 0 Å². The third-order valence-corrected chi connectivity index (χ3v) is 5.68. The minimum atomic E-state index is 0.0409. The summed E-state index contributed by atoms with van der Waals surface area (Å²) in [5, 5.41) is 4.36. The number of hydrogen-bond donors (Lipinski definition) is 1. The van der Waals surface area contributed by atoms with E-state index in [4.69, 9.17) is 0 Å².